The Hall–Kier alpha value is -1.55. The number of benzene rings is 1. The van der Waals surface area contributed by atoms with Crippen LogP contribution >= 0.6 is 0 Å². The smallest absolute Gasteiger partial charge is 0.303 e. The van der Waals surface area contributed by atoms with Crippen molar-refractivity contribution in [2.24, 2.45) is 5.41 Å². The molecule has 1 saturated carbocycles. The quantitative estimate of drug-likeness (QED) is 0.742. The normalized spacial score (nSPS) is 27.6. The van der Waals surface area contributed by atoms with E-state index in [1.807, 2.05) is 24.3 Å². The number of hydrogen-bond donors (Lipinski definition) is 2. The van der Waals surface area contributed by atoms with Gasteiger partial charge in [-0.25, -0.2) is 0 Å². The van der Waals surface area contributed by atoms with Crippen molar-refractivity contribution in [3.63, 3.8) is 0 Å². The van der Waals surface area contributed by atoms with Crippen molar-refractivity contribution in [3.8, 4) is 5.75 Å². The highest BCUT2D eigenvalue weighted by atomic mass is 16.5. The van der Waals surface area contributed by atoms with E-state index >= 15 is 0 Å². The van der Waals surface area contributed by atoms with Gasteiger partial charge in [0.25, 0.3) is 0 Å². The molecule has 0 bridgehead atoms. The van der Waals surface area contributed by atoms with Crippen LogP contribution in [0.15, 0.2) is 24.3 Å². The predicted molar refractivity (Wildman–Crippen MR) is 89.6 cm³/mol. The van der Waals surface area contributed by atoms with E-state index < -0.39 is 11.6 Å². The van der Waals surface area contributed by atoms with E-state index in [2.05, 4.69) is 6.92 Å². The van der Waals surface area contributed by atoms with Crippen molar-refractivity contribution < 1.29 is 19.7 Å². The van der Waals surface area contributed by atoms with Crippen LogP contribution in [0.3, 0.4) is 0 Å². The molecule has 0 saturated heterocycles. The molecule has 0 spiro atoms. The van der Waals surface area contributed by atoms with Crippen LogP contribution in [-0.2, 0) is 10.4 Å². The molecule has 128 valence electrons. The minimum atomic E-state index is -0.769. The highest BCUT2D eigenvalue weighted by molar-refractivity contribution is 5.66. The van der Waals surface area contributed by atoms with E-state index in [0.29, 0.717) is 0 Å². The number of unbranched alkanes of at least 4 members (excludes halogenated alkanes) is 1. The molecule has 2 N–H and O–H groups in total. The molecule has 0 amide bonds. The first-order valence-corrected chi connectivity index (χ1v) is 8.46. The summed E-state index contributed by atoms with van der Waals surface area (Å²) in [5.41, 5.74) is 0.378. The van der Waals surface area contributed by atoms with Crippen molar-refractivity contribution in [2.45, 2.75) is 63.9 Å². The summed E-state index contributed by atoms with van der Waals surface area (Å²) >= 11 is 0. The number of carboxylic acids is 1. The fourth-order valence-electron chi connectivity index (χ4n) is 3.55. The van der Waals surface area contributed by atoms with Gasteiger partial charge in [-0.3, -0.25) is 4.79 Å². The summed E-state index contributed by atoms with van der Waals surface area (Å²) < 4.78 is 5.26. The highest BCUT2D eigenvalue weighted by Crippen LogP contribution is 2.48. The summed E-state index contributed by atoms with van der Waals surface area (Å²) in [5, 5.41) is 19.7. The second-order valence-electron chi connectivity index (χ2n) is 7.18. The van der Waals surface area contributed by atoms with Gasteiger partial charge in [-0.2, -0.15) is 0 Å². The zero-order valence-electron chi connectivity index (χ0n) is 14.2. The lowest BCUT2D eigenvalue weighted by Gasteiger charge is -2.42. The van der Waals surface area contributed by atoms with Gasteiger partial charge >= 0.3 is 5.97 Å². The lowest BCUT2D eigenvalue weighted by molar-refractivity contribution is -0.137. The van der Waals surface area contributed by atoms with Crippen LogP contribution in [0.1, 0.15) is 63.9 Å². The Kier molecular flexibility index (Phi) is 5.69. The molecule has 1 aromatic rings. The maximum Gasteiger partial charge on any atom is 0.303 e. The number of rotatable bonds is 7. The third-order valence-corrected chi connectivity index (χ3v) is 5.31. The van der Waals surface area contributed by atoms with Gasteiger partial charge in [0.05, 0.1) is 12.7 Å². The molecule has 0 unspecified atom stereocenters. The summed E-state index contributed by atoms with van der Waals surface area (Å²) in [5.74, 6) is 0.0594. The van der Waals surface area contributed by atoms with Crippen LogP contribution in [0.5, 0.6) is 5.75 Å². The molecule has 23 heavy (non-hydrogen) atoms. The van der Waals surface area contributed by atoms with Crippen LogP contribution in [-0.4, -0.2) is 23.3 Å². The van der Waals surface area contributed by atoms with Crippen molar-refractivity contribution in [1.29, 1.82) is 0 Å². The third kappa shape index (κ3) is 4.71. The summed E-state index contributed by atoms with van der Waals surface area (Å²) in [4.78, 5) is 10.6. The van der Waals surface area contributed by atoms with Gasteiger partial charge in [0.15, 0.2) is 0 Å². The van der Waals surface area contributed by atoms with Crippen LogP contribution in [0, 0.1) is 5.41 Å². The summed E-state index contributed by atoms with van der Waals surface area (Å²) in [7, 11) is 1.64. The Bertz CT molecular complexity index is 530. The van der Waals surface area contributed by atoms with Gasteiger partial charge in [0.1, 0.15) is 5.75 Å². The molecule has 4 heteroatoms. The van der Waals surface area contributed by atoms with Crippen LogP contribution in [0.25, 0.3) is 0 Å². The molecule has 0 heterocycles. The van der Waals surface area contributed by atoms with E-state index in [-0.39, 0.29) is 11.8 Å². The molecule has 0 aliphatic heterocycles. The largest absolute Gasteiger partial charge is 0.497 e. The minimum Gasteiger partial charge on any atom is -0.497 e. The van der Waals surface area contributed by atoms with E-state index in [4.69, 9.17) is 9.84 Å². The molecule has 0 atom stereocenters. The Morgan fingerprint density at radius 1 is 1.22 bits per heavy atom. The zero-order chi connectivity index (χ0) is 16.9. The van der Waals surface area contributed by atoms with Crippen molar-refractivity contribution in [3.05, 3.63) is 29.8 Å². The van der Waals surface area contributed by atoms with Crippen LogP contribution < -0.4 is 4.74 Å². The number of methoxy groups -OCH3 is 1. The van der Waals surface area contributed by atoms with Gasteiger partial charge in [-0.1, -0.05) is 25.5 Å². The zero-order valence-corrected chi connectivity index (χ0v) is 14.2. The van der Waals surface area contributed by atoms with Crippen LogP contribution in [0.2, 0.25) is 0 Å². The fraction of sp³-hybridized carbons (Fsp3) is 0.632. The second kappa shape index (κ2) is 7.35. The monoisotopic (exact) mass is 320 g/mol. The van der Waals surface area contributed by atoms with Gasteiger partial charge < -0.3 is 14.9 Å². The lowest BCUT2D eigenvalue weighted by atomic mass is 9.66. The van der Waals surface area contributed by atoms with Crippen molar-refractivity contribution in [2.75, 3.05) is 7.11 Å². The molecule has 4 nitrogen and oxygen atoms in total. The Morgan fingerprint density at radius 2 is 1.91 bits per heavy atom. The molecule has 2 rings (SSSR count). The van der Waals surface area contributed by atoms with Gasteiger partial charge in [-0.05, 0) is 61.6 Å². The Balaban J connectivity index is 1.92. The highest BCUT2D eigenvalue weighted by Gasteiger charge is 2.39. The average molecular weight is 320 g/mol. The van der Waals surface area contributed by atoms with Gasteiger partial charge in [0.2, 0.25) is 0 Å². The molecule has 0 radical (unpaired) electrons. The average Bonchev–Trinajstić information content (AvgIpc) is 2.55. The summed E-state index contributed by atoms with van der Waals surface area (Å²) in [6.45, 7) is 2.26. The fourth-order valence-corrected chi connectivity index (χ4v) is 3.55. The number of aliphatic hydroxyl groups is 1. The van der Waals surface area contributed by atoms with Crippen LogP contribution in [0.4, 0.5) is 0 Å². The molecule has 1 aromatic carbocycles. The van der Waals surface area contributed by atoms with E-state index in [1.165, 1.54) is 0 Å². The summed E-state index contributed by atoms with van der Waals surface area (Å²) in [6, 6.07) is 7.71. The van der Waals surface area contributed by atoms with Gasteiger partial charge in [-0.15, -0.1) is 0 Å². The third-order valence-electron chi connectivity index (χ3n) is 5.31. The first kappa shape index (κ1) is 17.8. The van der Waals surface area contributed by atoms with Crippen molar-refractivity contribution >= 4 is 5.97 Å². The van der Waals surface area contributed by atoms with E-state index in [1.54, 1.807) is 7.11 Å². The first-order chi connectivity index (χ1) is 10.9. The molecular weight excluding hydrogens is 292 g/mol. The second-order valence-corrected chi connectivity index (χ2v) is 7.18. The molecule has 1 aliphatic carbocycles. The molecule has 1 aliphatic rings. The number of aliphatic carboxylic acids is 1. The number of hydrogen-bond acceptors (Lipinski definition) is 3. The topological polar surface area (TPSA) is 66.8 Å². The number of carbonyl (C=O) groups is 1. The maximum absolute atomic E-state index is 11.0. The molecule has 0 aromatic heterocycles. The maximum atomic E-state index is 11.0. The molecular formula is C19H28O4. The van der Waals surface area contributed by atoms with E-state index in [9.17, 15) is 9.90 Å². The predicted octanol–water partition coefficient (Wildman–Crippen LogP) is 4.11. The first-order valence-electron chi connectivity index (χ1n) is 8.46. The SMILES string of the molecule is COc1cccc(C2(O)CCC(C)(CCCCC(=O)O)CC2)c1. The lowest BCUT2D eigenvalue weighted by Crippen LogP contribution is -2.35. The summed E-state index contributed by atoms with van der Waals surface area (Å²) in [6.07, 6.45) is 6.40. The Labute approximate surface area is 138 Å². The van der Waals surface area contributed by atoms with Gasteiger partial charge in [0, 0.05) is 6.42 Å². The van der Waals surface area contributed by atoms with E-state index in [0.717, 1.165) is 56.3 Å². The van der Waals surface area contributed by atoms with Crippen molar-refractivity contribution in [1.82, 2.24) is 0 Å². The minimum absolute atomic E-state index is 0.212. The standard InChI is InChI=1S/C19H28O4/c1-18(9-4-3-8-17(20)21)10-12-19(22,13-11-18)15-6-5-7-16(14-15)23-2/h5-7,14,22H,3-4,8-13H2,1-2H3,(H,20,21). The number of carboxylic acid groups (broad SMARTS) is 1. The molecule has 1 fully saturated rings. The number of ether oxygens (including phenoxy) is 1. The Morgan fingerprint density at radius 3 is 2.52 bits per heavy atom.